The van der Waals surface area contributed by atoms with Crippen LogP contribution in [0.25, 0.3) is 11.1 Å². The standard InChI is InChI=1S/C31H40N6O6S2/c1-22(2)18-37(45(40,41)25-9-10-26-29(16-25)43-30(33-26)36-13-11-35(3)12-14-36)19-28(38)27(15-23-7-5-4-6-8-23)34-31(39)42-20-24-17-32-21-44-24/h4-10,16-17,21-22,27-28,38H,11-15,18-20H2,1-3H3,(H,34,39). The molecule has 1 fully saturated rings. The van der Waals surface area contributed by atoms with E-state index in [-0.39, 0.29) is 36.9 Å². The Hall–Kier alpha value is -3.56. The van der Waals surface area contributed by atoms with E-state index < -0.39 is 28.3 Å². The van der Waals surface area contributed by atoms with Crippen LogP contribution in [0, 0.1) is 5.92 Å². The zero-order valence-corrected chi connectivity index (χ0v) is 27.3. The maximum absolute atomic E-state index is 14.0. The lowest BCUT2D eigenvalue weighted by atomic mass is 10.0. The number of amides is 1. The molecule has 1 aliphatic rings. The maximum Gasteiger partial charge on any atom is 0.407 e. The molecule has 45 heavy (non-hydrogen) atoms. The fraction of sp³-hybridized carbons (Fsp3) is 0.452. The number of aromatic nitrogens is 2. The molecule has 1 amide bonds. The normalized spacial score (nSPS) is 15.9. The Labute approximate surface area is 267 Å². The van der Waals surface area contributed by atoms with Crippen molar-refractivity contribution in [3.63, 3.8) is 0 Å². The SMILES string of the molecule is CC(C)CN(CC(O)C(Cc1ccccc1)NC(=O)OCc1cncs1)S(=O)(=O)c1ccc2nc(N3CCN(C)CC3)oc2c1. The van der Waals surface area contributed by atoms with Crippen molar-refractivity contribution in [2.24, 2.45) is 5.92 Å². The number of benzene rings is 2. The third kappa shape index (κ3) is 8.58. The molecule has 0 bridgehead atoms. The summed E-state index contributed by atoms with van der Waals surface area (Å²) in [6.45, 7) is 7.09. The van der Waals surface area contributed by atoms with Crippen LogP contribution < -0.4 is 10.2 Å². The molecule has 0 radical (unpaired) electrons. The van der Waals surface area contributed by atoms with E-state index in [4.69, 9.17) is 9.15 Å². The highest BCUT2D eigenvalue weighted by molar-refractivity contribution is 7.89. The van der Waals surface area contributed by atoms with Gasteiger partial charge in [-0.2, -0.15) is 9.29 Å². The van der Waals surface area contributed by atoms with Crippen molar-refractivity contribution in [2.75, 3.05) is 51.2 Å². The molecule has 242 valence electrons. The van der Waals surface area contributed by atoms with Gasteiger partial charge >= 0.3 is 6.09 Å². The molecule has 0 aliphatic carbocycles. The highest BCUT2D eigenvalue weighted by Crippen LogP contribution is 2.27. The predicted molar refractivity (Wildman–Crippen MR) is 173 cm³/mol. The average Bonchev–Trinajstić information content (AvgIpc) is 3.70. The van der Waals surface area contributed by atoms with E-state index in [1.807, 2.05) is 44.2 Å². The first-order chi connectivity index (χ1) is 21.6. The Balaban J connectivity index is 1.35. The second-order valence-electron chi connectivity index (χ2n) is 11.7. The van der Waals surface area contributed by atoms with E-state index in [2.05, 4.69) is 32.1 Å². The van der Waals surface area contributed by atoms with Crippen LogP contribution in [-0.4, -0.2) is 97.3 Å². The molecule has 12 nitrogen and oxygen atoms in total. The molecule has 14 heteroatoms. The van der Waals surface area contributed by atoms with Crippen molar-refractivity contribution in [1.82, 2.24) is 24.5 Å². The van der Waals surface area contributed by atoms with Crippen LogP contribution in [0.5, 0.6) is 0 Å². The number of nitrogens with one attached hydrogen (secondary N) is 1. The second-order valence-corrected chi connectivity index (χ2v) is 14.6. The first-order valence-corrected chi connectivity index (χ1v) is 17.3. The molecule has 0 saturated carbocycles. The van der Waals surface area contributed by atoms with Crippen LogP contribution >= 0.6 is 11.3 Å². The first-order valence-electron chi connectivity index (χ1n) is 15.0. The van der Waals surface area contributed by atoms with Gasteiger partial charge in [0.2, 0.25) is 10.0 Å². The molecule has 2 atom stereocenters. The lowest BCUT2D eigenvalue weighted by molar-refractivity contribution is 0.0876. The number of likely N-dealkylation sites (N-methyl/N-ethyl adjacent to an activating group) is 1. The minimum absolute atomic E-state index is 0.0327. The molecule has 2 unspecified atom stereocenters. The molecular formula is C31H40N6O6S2. The largest absolute Gasteiger partial charge is 0.444 e. The smallest absolute Gasteiger partial charge is 0.407 e. The molecule has 5 rings (SSSR count). The lowest BCUT2D eigenvalue weighted by Crippen LogP contribution is -2.51. The van der Waals surface area contributed by atoms with E-state index in [9.17, 15) is 18.3 Å². The quantitative estimate of drug-likeness (QED) is 0.219. The fourth-order valence-corrected chi connectivity index (χ4v) is 7.29. The topological polar surface area (TPSA) is 141 Å². The Kier molecular flexibility index (Phi) is 10.7. The molecule has 2 aromatic heterocycles. The third-order valence-electron chi connectivity index (χ3n) is 7.61. The zero-order valence-electron chi connectivity index (χ0n) is 25.7. The number of oxazole rings is 1. The van der Waals surface area contributed by atoms with E-state index in [1.54, 1.807) is 17.8 Å². The number of aliphatic hydroxyl groups is 1. The number of carbonyl (C=O) groups is 1. The molecule has 3 heterocycles. The van der Waals surface area contributed by atoms with Gasteiger partial charge in [-0.15, -0.1) is 11.3 Å². The van der Waals surface area contributed by atoms with Gasteiger partial charge in [0.25, 0.3) is 6.01 Å². The van der Waals surface area contributed by atoms with E-state index in [0.29, 0.717) is 17.1 Å². The van der Waals surface area contributed by atoms with Crippen molar-refractivity contribution in [1.29, 1.82) is 0 Å². The van der Waals surface area contributed by atoms with Crippen LogP contribution in [0.3, 0.4) is 0 Å². The monoisotopic (exact) mass is 656 g/mol. The van der Waals surface area contributed by atoms with Gasteiger partial charge in [-0.25, -0.2) is 13.2 Å². The van der Waals surface area contributed by atoms with Crippen LogP contribution in [0.15, 0.2) is 69.6 Å². The molecule has 2 aromatic carbocycles. The van der Waals surface area contributed by atoms with Gasteiger partial charge in [-0.05, 0) is 37.1 Å². The van der Waals surface area contributed by atoms with Gasteiger partial charge in [-0.3, -0.25) is 4.98 Å². The Morgan fingerprint density at radius 1 is 1.13 bits per heavy atom. The number of anilines is 1. The molecule has 4 aromatic rings. The van der Waals surface area contributed by atoms with Crippen molar-refractivity contribution in [3.8, 4) is 0 Å². The lowest BCUT2D eigenvalue weighted by Gasteiger charge is -2.31. The van der Waals surface area contributed by atoms with E-state index >= 15 is 0 Å². The zero-order chi connectivity index (χ0) is 32.0. The summed E-state index contributed by atoms with van der Waals surface area (Å²) in [5.41, 5.74) is 3.47. The number of fused-ring (bicyclic) bond motifs is 1. The number of rotatable bonds is 13. The fourth-order valence-electron chi connectivity index (χ4n) is 5.14. The van der Waals surface area contributed by atoms with Crippen molar-refractivity contribution in [2.45, 2.75) is 43.9 Å². The minimum atomic E-state index is -4.06. The number of hydrogen-bond acceptors (Lipinski definition) is 11. The summed E-state index contributed by atoms with van der Waals surface area (Å²) >= 11 is 1.36. The van der Waals surface area contributed by atoms with Crippen molar-refractivity contribution < 1.29 is 27.5 Å². The summed E-state index contributed by atoms with van der Waals surface area (Å²) in [4.78, 5) is 26.4. The number of carbonyl (C=O) groups excluding carboxylic acids is 1. The summed E-state index contributed by atoms with van der Waals surface area (Å²) in [6.07, 6.45) is -0.0698. The molecule has 1 saturated heterocycles. The summed E-state index contributed by atoms with van der Waals surface area (Å²) in [6, 6.07) is 13.7. The van der Waals surface area contributed by atoms with Gasteiger partial charge in [0.05, 0.1) is 27.4 Å². The van der Waals surface area contributed by atoms with Crippen molar-refractivity contribution in [3.05, 3.63) is 70.7 Å². The number of sulfonamides is 1. The number of aliphatic hydroxyl groups excluding tert-OH is 1. The van der Waals surface area contributed by atoms with Crippen molar-refractivity contribution >= 4 is 44.6 Å². The van der Waals surface area contributed by atoms with E-state index in [0.717, 1.165) is 36.6 Å². The van der Waals surface area contributed by atoms with Crippen LogP contribution in [-0.2, 0) is 27.8 Å². The third-order valence-corrected chi connectivity index (χ3v) is 10.2. The first kappa shape index (κ1) is 32.8. The van der Waals surface area contributed by atoms with Crippen LogP contribution in [0.2, 0.25) is 0 Å². The number of piperazine rings is 1. The van der Waals surface area contributed by atoms with Crippen LogP contribution in [0.4, 0.5) is 10.8 Å². The molecule has 1 aliphatic heterocycles. The Bertz CT molecular complexity index is 1640. The minimum Gasteiger partial charge on any atom is -0.444 e. The number of nitrogens with zero attached hydrogens (tertiary/aromatic N) is 5. The maximum atomic E-state index is 14.0. The van der Waals surface area contributed by atoms with Crippen LogP contribution in [0.1, 0.15) is 24.3 Å². The second kappa shape index (κ2) is 14.7. The highest BCUT2D eigenvalue weighted by atomic mass is 32.2. The number of hydrogen-bond donors (Lipinski definition) is 2. The number of alkyl carbamates (subject to hydrolysis) is 1. The van der Waals surface area contributed by atoms with Gasteiger partial charge in [0, 0.05) is 51.5 Å². The Morgan fingerprint density at radius 3 is 2.58 bits per heavy atom. The molecular weight excluding hydrogens is 617 g/mol. The summed E-state index contributed by atoms with van der Waals surface area (Å²) < 4.78 is 40.7. The molecule has 0 spiro atoms. The molecule has 2 N–H and O–H groups in total. The number of ether oxygens (including phenoxy) is 1. The van der Waals surface area contributed by atoms with E-state index in [1.165, 1.54) is 27.8 Å². The summed E-state index contributed by atoms with van der Waals surface area (Å²) in [5.74, 6) is -0.0327. The Morgan fingerprint density at radius 2 is 1.89 bits per heavy atom. The number of thiazole rings is 1. The average molecular weight is 657 g/mol. The highest BCUT2D eigenvalue weighted by Gasteiger charge is 2.32. The summed E-state index contributed by atoms with van der Waals surface area (Å²) in [7, 11) is -2.00. The van der Waals surface area contributed by atoms with Gasteiger partial charge in [0.1, 0.15) is 12.1 Å². The van der Waals surface area contributed by atoms with Gasteiger partial charge in [-0.1, -0.05) is 44.2 Å². The predicted octanol–water partition coefficient (Wildman–Crippen LogP) is 3.58. The van der Waals surface area contributed by atoms with Gasteiger partial charge < -0.3 is 29.4 Å². The van der Waals surface area contributed by atoms with Gasteiger partial charge in [0.15, 0.2) is 5.58 Å². The summed E-state index contributed by atoms with van der Waals surface area (Å²) in [5, 5.41) is 14.2.